The number of amidine groups is 1. The highest BCUT2D eigenvalue weighted by molar-refractivity contribution is 5.95. The van der Waals surface area contributed by atoms with Gasteiger partial charge in [0.25, 0.3) is 0 Å². The third kappa shape index (κ3) is 2.10. The third-order valence-electron chi connectivity index (χ3n) is 2.33. The minimum Gasteiger partial charge on any atom is -0.409 e. The first kappa shape index (κ1) is 11.1. The molecule has 2 aromatic rings. The second-order valence-electron chi connectivity index (χ2n) is 3.71. The molecule has 0 aromatic carbocycles. The lowest BCUT2D eigenvalue weighted by Crippen LogP contribution is -2.16. The van der Waals surface area contributed by atoms with Crippen LogP contribution in [0.3, 0.4) is 0 Å². The molecule has 0 saturated heterocycles. The number of hydrogen-bond donors (Lipinski definition) is 2. The van der Waals surface area contributed by atoms with Crippen LogP contribution in [-0.4, -0.2) is 25.8 Å². The third-order valence-corrected chi connectivity index (χ3v) is 2.33. The summed E-state index contributed by atoms with van der Waals surface area (Å²) in [5, 5.41) is 15.9. The molecule has 0 aliphatic rings. The number of aryl methyl sites for hydroxylation is 2. The van der Waals surface area contributed by atoms with Gasteiger partial charge in [0.1, 0.15) is 5.69 Å². The monoisotopic (exact) mass is 231 g/mol. The van der Waals surface area contributed by atoms with Crippen LogP contribution in [0.2, 0.25) is 0 Å². The Morgan fingerprint density at radius 3 is 2.76 bits per heavy atom. The highest BCUT2D eigenvalue weighted by atomic mass is 16.4. The van der Waals surface area contributed by atoms with Gasteiger partial charge >= 0.3 is 0 Å². The fourth-order valence-corrected chi connectivity index (χ4v) is 1.60. The second-order valence-corrected chi connectivity index (χ2v) is 3.71. The smallest absolute Gasteiger partial charge is 0.188 e. The van der Waals surface area contributed by atoms with Gasteiger partial charge in [-0.2, -0.15) is 5.10 Å². The summed E-state index contributed by atoms with van der Waals surface area (Å²) in [6.07, 6.45) is 0. The molecule has 0 radical (unpaired) electrons. The molecular formula is C11H13N5O. The van der Waals surface area contributed by atoms with Gasteiger partial charge in [0.05, 0.1) is 5.69 Å². The fraction of sp³-hybridized carbons (Fsp3) is 0.182. The highest BCUT2D eigenvalue weighted by Gasteiger charge is 2.07. The van der Waals surface area contributed by atoms with Crippen molar-refractivity contribution in [3.8, 4) is 5.82 Å². The van der Waals surface area contributed by atoms with Crippen LogP contribution in [-0.2, 0) is 0 Å². The molecule has 17 heavy (non-hydrogen) atoms. The molecular weight excluding hydrogens is 218 g/mol. The normalized spacial score (nSPS) is 11.8. The van der Waals surface area contributed by atoms with Crippen molar-refractivity contribution in [2.45, 2.75) is 13.8 Å². The van der Waals surface area contributed by atoms with E-state index in [1.54, 1.807) is 16.8 Å². The Bertz CT molecular complexity index is 573. The molecule has 0 atom stereocenters. The maximum Gasteiger partial charge on any atom is 0.188 e. The van der Waals surface area contributed by atoms with E-state index in [-0.39, 0.29) is 5.84 Å². The Morgan fingerprint density at radius 2 is 2.18 bits per heavy atom. The summed E-state index contributed by atoms with van der Waals surface area (Å²) in [7, 11) is 0. The van der Waals surface area contributed by atoms with Gasteiger partial charge in [-0.3, -0.25) is 0 Å². The van der Waals surface area contributed by atoms with E-state index in [1.165, 1.54) is 0 Å². The summed E-state index contributed by atoms with van der Waals surface area (Å²) >= 11 is 0. The Hall–Kier alpha value is -2.37. The molecule has 88 valence electrons. The Balaban J connectivity index is 2.50. The topological polar surface area (TPSA) is 89.3 Å². The minimum atomic E-state index is -0.0200. The average Bonchev–Trinajstić information content (AvgIpc) is 2.67. The minimum absolute atomic E-state index is 0.0200. The molecule has 0 amide bonds. The highest BCUT2D eigenvalue weighted by Crippen LogP contribution is 2.10. The van der Waals surface area contributed by atoms with Crippen molar-refractivity contribution >= 4 is 5.84 Å². The zero-order chi connectivity index (χ0) is 12.4. The summed E-state index contributed by atoms with van der Waals surface area (Å²) in [6, 6.07) is 7.22. The van der Waals surface area contributed by atoms with Gasteiger partial charge in [-0.25, -0.2) is 9.67 Å². The van der Waals surface area contributed by atoms with Crippen molar-refractivity contribution in [2.75, 3.05) is 0 Å². The first-order valence-corrected chi connectivity index (χ1v) is 5.10. The number of oxime groups is 1. The van der Waals surface area contributed by atoms with Gasteiger partial charge < -0.3 is 10.9 Å². The van der Waals surface area contributed by atoms with E-state index in [4.69, 9.17) is 10.9 Å². The van der Waals surface area contributed by atoms with Crippen molar-refractivity contribution in [2.24, 2.45) is 10.9 Å². The summed E-state index contributed by atoms with van der Waals surface area (Å²) in [4.78, 5) is 4.27. The zero-order valence-corrected chi connectivity index (χ0v) is 9.62. The fourth-order valence-electron chi connectivity index (χ4n) is 1.60. The van der Waals surface area contributed by atoms with E-state index in [2.05, 4.69) is 15.2 Å². The van der Waals surface area contributed by atoms with E-state index < -0.39 is 0 Å². The molecule has 3 N–H and O–H groups in total. The van der Waals surface area contributed by atoms with Gasteiger partial charge in [-0.15, -0.1) is 0 Å². The molecule has 0 unspecified atom stereocenters. The summed E-state index contributed by atoms with van der Waals surface area (Å²) in [5.41, 5.74) is 7.80. The first-order chi connectivity index (χ1) is 8.11. The number of aromatic nitrogens is 3. The molecule has 2 heterocycles. The molecule has 0 spiro atoms. The molecule has 6 nitrogen and oxygen atoms in total. The Labute approximate surface area is 98.4 Å². The molecule has 0 fully saturated rings. The average molecular weight is 231 g/mol. The van der Waals surface area contributed by atoms with Crippen molar-refractivity contribution in [1.29, 1.82) is 0 Å². The molecule has 0 aliphatic carbocycles. The van der Waals surface area contributed by atoms with Crippen LogP contribution in [0.25, 0.3) is 5.82 Å². The lowest BCUT2D eigenvalue weighted by molar-refractivity contribution is 0.318. The Morgan fingerprint density at radius 1 is 1.41 bits per heavy atom. The van der Waals surface area contributed by atoms with Crippen LogP contribution >= 0.6 is 0 Å². The van der Waals surface area contributed by atoms with Gasteiger partial charge in [0.15, 0.2) is 11.7 Å². The zero-order valence-electron chi connectivity index (χ0n) is 9.62. The van der Waals surface area contributed by atoms with Crippen LogP contribution in [0, 0.1) is 13.8 Å². The lowest BCUT2D eigenvalue weighted by atomic mass is 10.3. The van der Waals surface area contributed by atoms with E-state index in [0.717, 1.165) is 11.4 Å². The van der Waals surface area contributed by atoms with Crippen LogP contribution in [0.4, 0.5) is 0 Å². The van der Waals surface area contributed by atoms with Crippen LogP contribution in [0.1, 0.15) is 17.1 Å². The molecule has 2 rings (SSSR count). The SMILES string of the molecule is Cc1cc(C)n(-c2cccc(C(N)=NO)n2)n1. The number of hydrogen-bond acceptors (Lipinski definition) is 4. The summed E-state index contributed by atoms with van der Waals surface area (Å²) in [6.45, 7) is 3.86. The van der Waals surface area contributed by atoms with Crippen molar-refractivity contribution in [3.05, 3.63) is 41.3 Å². The van der Waals surface area contributed by atoms with Crippen LogP contribution in [0.15, 0.2) is 29.4 Å². The number of pyridine rings is 1. The van der Waals surface area contributed by atoms with Gasteiger partial charge in [-0.05, 0) is 32.0 Å². The number of nitrogens with two attached hydrogens (primary N) is 1. The lowest BCUT2D eigenvalue weighted by Gasteiger charge is -2.05. The van der Waals surface area contributed by atoms with Gasteiger partial charge in [0.2, 0.25) is 0 Å². The standard InChI is InChI=1S/C11H13N5O/c1-7-6-8(2)16(14-7)10-5-3-4-9(13-10)11(12)15-17/h3-6,17H,1-2H3,(H2,12,15). The van der Waals surface area contributed by atoms with Crippen molar-refractivity contribution in [1.82, 2.24) is 14.8 Å². The molecule has 0 aliphatic heterocycles. The quantitative estimate of drug-likeness (QED) is 0.349. The van der Waals surface area contributed by atoms with E-state index in [1.807, 2.05) is 26.0 Å². The van der Waals surface area contributed by atoms with E-state index in [0.29, 0.717) is 11.5 Å². The predicted molar refractivity (Wildman–Crippen MR) is 63.3 cm³/mol. The maximum absolute atomic E-state index is 8.61. The molecule has 0 saturated carbocycles. The van der Waals surface area contributed by atoms with E-state index in [9.17, 15) is 0 Å². The van der Waals surface area contributed by atoms with Gasteiger partial charge in [0, 0.05) is 5.69 Å². The second kappa shape index (κ2) is 4.25. The molecule has 0 bridgehead atoms. The Kier molecular flexibility index (Phi) is 2.78. The number of rotatable bonds is 2. The van der Waals surface area contributed by atoms with Crippen molar-refractivity contribution < 1.29 is 5.21 Å². The van der Waals surface area contributed by atoms with Crippen LogP contribution < -0.4 is 5.73 Å². The van der Waals surface area contributed by atoms with E-state index >= 15 is 0 Å². The largest absolute Gasteiger partial charge is 0.409 e. The summed E-state index contributed by atoms with van der Waals surface area (Å²) < 4.78 is 1.71. The molecule has 6 heteroatoms. The maximum atomic E-state index is 8.61. The summed E-state index contributed by atoms with van der Waals surface area (Å²) in [5.74, 6) is 0.619. The van der Waals surface area contributed by atoms with Gasteiger partial charge in [-0.1, -0.05) is 11.2 Å². The van der Waals surface area contributed by atoms with Crippen molar-refractivity contribution in [3.63, 3.8) is 0 Å². The van der Waals surface area contributed by atoms with Crippen LogP contribution in [0.5, 0.6) is 0 Å². The number of nitrogens with zero attached hydrogens (tertiary/aromatic N) is 4. The predicted octanol–water partition coefficient (Wildman–Crippen LogP) is 0.979. The molecule has 2 aromatic heterocycles. The first-order valence-electron chi connectivity index (χ1n) is 5.10.